The first kappa shape index (κ1) is 18.2. The van der Waals surface area contributed by atoms with Crippen LogP contribution < -0.4 is 5.32 Å². The summed E-state index contributed by atoms with van der Waals surface area (Å²) in [5.74, 6) is -0.527. The minimum absolute atomic E-state index is 0.0481. The van der Waals surface area contributed by atoms with E-state index in [-0.39, 0.29) is 21.8 Å². The molecule has 1 aliphatic heterocycles. The number of hydrogen-bond acceptors (Lipinski definition) is 4. The van der Waals surface area contributed by atoms with Crippen LogP contribution in [0.3, 0.4) is 0 Å². The summed E-state index contributed by atoms with van der Waals surface area (Å²) >= 11 is 11.0. The molecule has 0 bridgehead atoms. The highest BCUT2D eigenvalue weighted by Gasteiger charge is 2.41. The van der Waals surface area contributed by atoms with Crippen LogP contribution in [-0.4, -0.2) is 23.2 Å². The molecule has 0 aromatic heterocycles. The van der Waals surface area contributed by atoms with Crippen molar-refractivity contribution in [3.8, 4) is 0 Å². The van der Waals surface area contributed by atoms with Gasteiger partial charge in [-0.1, -0.05) is 36.0 Å². The maximum Gasteiger partial charge on any atom is 0.575 e. The summed E-state index contributed by atoms with van der Waals surface area (Å²) in [5.41, 5.74) is 0.248. The highest BCUT2D eigenvalue weighted by molar-refractivity contribution is 7.80. The second-order valence-corrected chi connectivity index (χ2v) is 5.70. The van der Waals surface area contributed by atoms with E-state index in [1.807, 2.05) is 0 Å². The van der Waals surface area contributed by atoms with Crippen LogP contribution in [0.25, 0.3) is 0 Å². The molecule has 0 saturated heterocycles. The Morgan fingerprint density at radius 2 is 2.12 bits per heavy atom. The Morgan fingerprint density at radius 3 is 2.67 bits per heavy atom. The molecule has 1 heterocycles. The summed E-state index contributed by atoms with van der Waals surface area (Å²) < 4.78 is 40.9. The molecule has 2 rings (SSSR count). The number of nitrogens with one attached hydrogen (secondary N) is 2. The van der Waals surface area contributed by atoms with E-state index in [0.29, 0.717) is 10.6 Å². The van der Waals surface area contributed by atoms with Gasteiger partial charge < -0.3 is 10.1 Å². The fourth-order valence-corrected chi connectivity index (χ4v) is 2.90. The smallest absolute Gasteiger partial charge is 0.369 e. The molecule has 24 heavy (non-hydrogen) atoms. The molecule has 0 spiro atoms. The van der Waals surface area contributed by atoms with Gasteiger partial charge in [-0.05, 0) is 30.5 Å². The van der Waals surface area contributed by atoms with Gasteiger partial charge in [-0.3, -0.25) is 5.41 Å². The van der Waals surface area contributed by atoms with Crippen molar-refractivity contribution >= 4 is 40.6 Å². The van der Waals surface area contributed by atoms with Crippen molar-refractivity contribution in [3.05, 3.63) is 51.7 Å². The van der Waals surface area contributed by atoms with E-state index < -0.39 is 18.2 Å². The number of benzene rings is 1. The molecule has 1 aliphatic rings. The second kappa shape index (κ2) is 6.76. The number of thiocarbonyl (C=S) groups is 1. The van der Waals surface area contributed by atoms with Gasteiger partial charge in [-0.15, -0.1) is 13.2 Å². The van der Waals surface area contributed by atoms with E-state index in [4.69, 9.17) is 29.2 Å². The predicted molar refractivity (Wildman–Crippen MR) is 86.0 cm³/mol. The molecule has 0 saturated carbocycles. The Kier molecular flexibility index (Phi) is 5.13. The molecular formula is C15H10ClF3N2O2S. The van der Waals surface area contributed by atoms with Crippen LogP contribution in [0.5, 0.6) is 0 Å². The molecular weight excluding hydrogens is 365 g/mol. The second-order valence-electron chi connectivity index (χ2n) is 4.85. The summed E-state index contributed by atoms with van der Waals surface area (Å²) in [6.45, 7) is 1.40. The Morgan fingerprint density at radius 1 is 1.46 bits per heavy atom. The summed E-state index contributed by atoms with van der Waals surface area (Å²) in [4.78, 5) is 12.1. The molecule has 9 heteroatoms. The number of esters is 1. The van der Waals surface area contributed by atoms with Crippen LogP contribution in [-0.2, 0) is 9.53 Å². The number of carbonyl (C=O) groups excluding carboxylic acids is 1. The van der Waals surface area contributed by atoms with Crippen LogP contribution in [0.4, 0.5) is 13.2 Å². The molecule has 4 nitrogen and oxygen atoms in total. The first-order valence-corrected chi connectivity index (χ1v) is 7.30. The average Bonchev–Trinajstić information content (AvgIpc) is 2.44. The van der Waals surface area contributed by atoms with E-state index in [0.717, 1.165) is 0 Å². The fourth-order valence-electron chi connectivity index (χ4n) is 2.38. The lowest BCUT2D eigenvalue weighted by atomic mass is 9.81. The first-order chi connectivity index (χ1) is 11.1. The predicted octanol–water partition coefficient (Wildman–Crippen LogP) is 3.87. The topological polar surface area (TPSA) is 62.2 Å². The molecule has 0 aliphatic carbocycles. The van der Waals surface area contributed by atoms with E-state index in [2.05, 4.69) is 15.9 Å². The van der Waals surface area contributed by atoms with Crippen molar-refractivity contribution < 1.29 is 22.7 Å². The summed E-state index contributed by atoms with van der Waals surface area (Å²) in [7, 11) is 0. The van der Waals surface area contributed by atoms with E-state index in [9.17, 15) is 18.0 Å². The number of allylic oxidation sites excluding steroid dienone is 1. The lowest BCUT2D eigenvalue weighted by molar-refractivity contribution is -0.303. The summed E-state index contributed by atoms with van der Waals surface area (Å²) in [6, 6.07) is 6.19. The Bertz CT molecular complexity index is 798. The number of alkyl halides is 3. The number of ether oxygens (including phenoxy) is 1. The molecule has 2 N–H and O–H groups in total. The average molecular weight is 375 g/mol. The fraction of sp³-hybridized carbons (Fsp3) is 0.200. The number of halogens is 4. The normalized spacial score (nSPS) is 18.1. The highest BCUT2D eigenvalue weighted by Crippen LogP contribution is 2.38. The van der Waals surface area contributed by atoms with Crippen LogP contribution >= 0.6 is 23.8 Å². The molecule has 1 atom stereocenters. The zero-order chi connectivity index (χ0) is 18.1. The molecule has 0 unspecified atom stereocenters. The number of rotatable bonds is 2. The Labute approximate surface area is 145 Å². The monoisotopic (exact) mass is 374 g/mol. The van der Waals surface area contributed by atoms with Crippen LogP contribution in [0.2, 0.25) is 5.02 Å². The van der Waals surface area contributed by atoms with Gasteiger partial charge in [-0.2, -0.15) is 0 Å². The third kappa shape index (κ3) is 3.84. The van der Waals surface area contributed by atoms with Crippen LogP contribution in [0.1, 0.15) is 18.4 Å². The Hall–Kier alpha value is -2.15. The standard InChI is InChI=1S/C15H10ClF3N2O2S/c1-7-11(14(22)23-15(17,18)19)12(10(6-20)13(24)21-7)8-3-2-4-9(16)5-8/h2-5,12,20H,1H3,(H,21,24)/t12-/m1/s1. The van der Waals surface area contributed by atoms with Crippen molar-refractivity contribution in [1.82, 2.24) is 5.32 Å². The minimum atomic E-state index is -5.13. The lowest BCUT2D eigenvalue weighted by Crippen LogP contribution is -2.36. The van der Waals surface area contributed by atoms with Gasteiger partial charge in [0, 0.05) is 10.7 Å². The largest absolute Gasteiger partial charge is 0.575 e. The van der Waals surface area contributed by atoms with E-state index in [1.54, 1.807) is 18.2 Å². The van der Waals surface area contributed by atoms with Gasteiger partial charge >= 0.3 is 12.3 Å². The van der Waals surface area contributed by atoms with Gasteiger partial charge in [0.15, 0.2) is 0 Å². The molecule has 0 amide bonds. The van der Waals surface area contributed by atoms with Crippen molar-refractivity contribution in [2.75, 3.05) is 0 Å². The van der Waals surface area contributed by atoms with Gasteiger partial charge in [-0.25, -0.2) is 4.79 Å². The number of hydrogen-bond donors (Lipinski definition) is 2. The maximum absolute atomic E-state index is 12.4. The van der Waals surface area contributed by atoms with Gasteiger partial charge in [0.2, 0.25) is 0 Å². The molecule has 126 valence electrons. The minimum Gasteiger partial charge on any atom is -0.369 e. The van der Waals surface area contributed by atoms with E-state index >= 15 is 0 Å². The molecule has 0 radical (unpaired) electrons. The van der Waals surface area contributed by atoms with E-state index in [1.165, 1.54) is 13.0 Å². The van der Waals surface area contributed by atoms with Crippen molar-refractivity contribution in [2.45, 2.75) is 19.2 Å². The Balaban J connectivity index is 2.62. The molecule has 0 fully saturated rings. The van der Waals surface area contributed by atoms with Crippen molar-refractivity contribution in [3.63, 3.8) is 0 Å². The molecule has 1 aromatic carbocycles. The van der Waals surface area contributed by atoms with Crippen LogP contribution in [0, 0.1) is 5.41 Å². The SMILES string of the molecule is CC1=C(C(=O)OC(F)(F)F)[C@H](c2cccc(Cl)c2)C(=C=N)C(=S)N1. The summed E-state index contributed by atoms with van der Waals surface area (Å²) in [6.07, 6.45) is -5.13. The highest BCUT2D eigenvalue weighted by atomic mass is 35.5. The first-order valence-electron chi connectivity index (χ1n) is 6.51. The van der Waals surface area contributed by atoms with Gasteiger partial charge in [0.25, 0.3) is 0 Å². The zero-order valence-electron chi connectivity index (χ0n) is 12.1. The number of carbonyl (C=O) groups is 1. The van der Waals surface area contributed by atoms with Gasteiger partial charge in [0.1, 0.15) is 4.99 Å². The van der Waals surface area contributed by atoms with Crippen molar-refractivity contribution in [2.24, 2.45) is 0 Å². The third-order valence-corrected chi connectivity index (χ3v) is 3.83. The molecule has 1 aromatic rings. The zero-order valence-corrected chi connectivity index (χ0v) is 13.7. The van der Waals surface area contributed by atoms with Gasteiger partial charge in [0.05, 0.1) is 17.1 Å². The van der Waals surface area contributed by atoms with Crippen LogP contribution in [0.15, 0.2) is 41.1 Å². The third-order valence-electron chi connectivity index (χ3n) is 3.27. The maximum atomic E-state index is 12.4. The van der Waals surface area contributed by atoms with Crippen molar-refractivity contribution in [1.29, 1.82) is 5.41 Å². The quantitative estimate of drug-likeness (QED) is 0.357. The summed E-state index contributed by atoms with van der Waals surface area (Å²) in [5, 5.41) is 10.3. The lowest BCUT2D eigenvalue weighted by Gasteiger charge is -2.29.